The molecule has 2 radical (unpaired) electrons. The Morgan fingerprint density at radius 1 is 0.778 bits per heavy atom. The van der Waals surface area contributed by atoms with E-state index in [1.54, 1.807) is 0 Å². The van der Waals surface area contributed by atoms with Gasteiger partial charge in [0.05, 0.1) is 0 Å². The molecule has 0 amide bonds. The lowest BCUT2D eigenvalue weighted by Gasteiger charge is -1.60. The third-order valence-electron chi connectivity index (χ3n) is 0. The summed E-state index contributed by atoms with van der Waals surface area (Å²) in [4.78, 5) is 17.1. The van der Waals surface area contributed by atoms with Crippen molar-refractivity contribution >= 4 is 35.4 Å². The van der Waals surface area contributed by atoms with Gasteiger partial charge in [-0.25, -0.2) is 9.59 Å². The zero-order chi connectivity index (χ0) is 7.15. The molecule has 0 aromatic rings. The second-order valence-electron chi connectivity index (χ2n) is 0.565. The van der Waals surface area contributed by atoms with Gasteiger partial charge in [0.2, 0.25) is 0 Å². The number of carboxylic acid groups (broad SMARTS) is 4. The van der Waals surface area contributed by atoms with Gasteiger partial charge in [-0.3, -0.25) is 0 Å². The minimum absolute atomic E-state index is 0. The molecule has 0 saturated carbocycles. The standard InChI is InChI=1S/2CH2O3.Mg/c2*2-1(3)4;/h2*(H2,2,3,4);. The van der Waals surface area contributed by atoms with E-state index in [0.29, 0.717) is 0 Å². The summed E-state index contributed by atoms with van der Waals surface area (Å²) in [5.41, 5.74) is 0. The average molecular weight is 148 g/mol. The van der Waals surface area contributed by atoms with E-state index < -0.39 is 12.3 Å². The van der Waals surface area contributed by atoms with Crippen LogP contribution in [0.1, 0.15) is 0 Å². The fourth-order valence-corrected chi connectivity index (χ4v) is 0. The van der Waals surface area contributed by atoms with Gasteiger partial charge in [-0.1, -0.05) is 0 Å². The van der Waals surface area contributed by atoms with Crippen molar-refractivity contribution < 1.29 is 30.0 Å². The molecule has 9 heavy (non-hydrogen) atoms. The van der Waals surface area contributed by atoms with Gasteiger partial charge in [0, 0.05) is 23.1 Å². The highest BCUT2D eigenvalue weighted by Gasteiger charge is 1.70. The SMILES string of the molecule is O=C(O)O.O=C(O)O.[Mg]. The lowest BCUT2D eigenvalue weighted by molar-refractivity contribution is 0.135. The zero-order valence-electron chi connectivity index (χ0n) is 4.31. The van der Waals surface area contributed by atoms with Crippen LogP contribution < -0.4 is 0 Å². The molecule has 0 saturated heterocycles. The number of hydrogen-bond acceptors (Lipinski definition) is 2. The molecular formula is C2H4MgO6. The highest BCUT2D eigenvalue weighted by Crippen LogP contribution is 1.43. The lowest BCUT2D eigenvalue weighted by atomic mass is 11.5. The molecule has 0 atom stereocenters. The second kappa shape index (κ2) is 10.3. The smallest absolute Gasteiger partial charge is 0.450 e. The summed E-state index contributed by atoms with van der Waals surface area (Å²) < 4.78 is 0. The Morgan fingerprint density at radius 3 is 0.778 bits per heavy atom. The van der Waals surface area contributed by atoms with Crippen LogP contribution >= 0.6 is 0 Å². The molecular weight excluding hydrogens is 144 g/mol. The van der Waals surface area contributed by atoms with Crippen molar-refractivity contribution in [2.24, 2.45) is 0 Å². The normalized spacial score (nSPS) is 5.33. The van der Waals surface area contributed by atoms with Gasteiger partial charge < -0.3 is 20.4 Å². The topological polar surface area (TPSA) is 115 Å². The van der Waals surface area contributed by atoms with E-state index in [0.717, 1.165) is 0 Å². The van der Waals surface area contributed by atoms with Gasteiger partial charge in [0.1, 0.15) is 0 Å². The molecule has 0 aromatic heterocycles. The largest absolute Gasteiger partial charge is 0.503 e. The van der Waals surface area contributed by atoms with E-state index in [9.17, 15) is 0 Å². The fourth-order valence-electron chi connectivity index (χ4n) is 0. The Hall–Kier alpha value is -0.694. The number of carbonyl (C=O) groups is 2. The van der Waals surface area contributed by atoms with Crippen molar-refractivity contribution in [3.63, 3.8) is 0 Å². The molecule has 4 N–H and O–H groups in total. The maximum atomic E-state index is 8.56. The molecule has 0 fully saturated rings. The minimum atomic E-state index is -1.83. The van der Waals surface area contributed by atoms with E-state index in [-0.39, 0.29) is 23.1 Å². The molecule has 0 aliphatic heterocycles. The average Bonchev–Trinajstić information content (AvgIpc) is 1.25. The van der Waals surface area contributed by atoms with Gasteiger partial charge >= 0.3 is 12.3 Å². The number of rotatable bonds is 0. The highest BCUT2D eigenvalue weighted by atomic mass is 24.3. The monoisotopic (exact) mass is 148 g/mol. The predicted molar refractivity (Wildman–Crippen MR) is 27.1 cm³/mol. The van der Waals surface area contributed by atoms with E-state index in [2.05, 4.69) is 0 Å². The van der Waals surface area contributed by atoms with Crippen LogP contribution in [0.15, 0.2) is 0 Å². The summed E-state index contributed by atoms with van der Waals surface area (Å²) in [7, 11) is 0. The van der Waals surface area contributed by atoms with Crippen molar-refractivity contribution in [1.29, 1.82) is 0 Å². The molecule has 0 spiro atoms. The first-order valence-corrected chi connectivity index (χ1v) is 1.30. The van der Waals surface area contributed by atoms with Gasteiger partial charge in [0.25, 0.3) is 0 Å². The third-order valence-corrected chi connectivity index (χ3v) is 0. The van der Waals surface area contributed by atoms with Crippen molar-refractivity contribution in [3.05, 3.63) is 0 Å². The molecule has 0 unspecified atom stereocenters. The van der Waals surface area contributed by atoms with Gasteiger partial charge in [-0.15, -0.1) is 0 Å². The molecule has 50 valence electrons. The Morgan fingerprint density at radius 2 is 0.778 bits per heavy atom. The van der Waals surface area contributed by atoms with Crippen LogP contribution in [0.3, 0.4) is 0 Å². The third kappa shape index (κ3) is 427. The maximum Gasteiger partial charge on any atom is 0.503 e. The van der Waals surface area contributed by atoms with Crippen LogP contribution in [-0.4, -0.2) is 55.8 Å². The predicted octanol–water partition coefficient (Wildman–Crippen LogP) is 0.0640. The van der Waals surface area contributed by atoms with Crippen molar-refractivity contribution in [3.8, 4) is 0 Å². The minimum Gasteiger partial charge on any atom is -0.450 e. The first-order chi connectivity index (χ1) is 3.46. The molecule has 0 aliphatic rings. The Bertz CT molecular complexity index is 69.1. The fraction of sp³-hybridized carbons (Fsp3) is 0. The van der Waals surface area contributed by atoms with Crippen LogP contribution in [0.4, 0.5) is 9.59 Å². The Labute approximate surface area is 65.9 Å². The summed E-state index contributed by atoms with van der Waals surface area (Å²) in [6, 6.07) is 0. The first kappa shape index (κ1) is 15.7. The molecule has 0 aromatic carbocycles. The van der Waals surface area contributed by atoms with E-state index in [1.165, 1.54) is 0 Å². The zero-order valence-corrected chi connectivity index (χ0v) is 5.73. The molecule has 0 heterocycles. The van der Waals surface area contributed by atoms with Crippen LogP contribution in [0.25, 0.3) is 0 Å². The highest BCUT2D eigenvalue weighted by molar-refractivity contribution is 5.75. The van der Waals surface area contributed by atoms with Crippen LogP contribution in [0, 0.1) is 0 Å². The van der Waals surface area contributed by atoms with Crippen molar-refractivity contribution in [2.75, 3.05) is 0 Å². The van der Waals surface area contributed by atoms with E-state index in [1.807, 2.05) is 0 Å². The quantitative estimate of drug-likeness (QED) is 0.361. The van der Waals surface area contributed by atoms with Crippen molar-refractivity contribution in [2.45, 2.75) is 0 Å². The van der Waals surface area contributed by atoms with Crippen LogP contribution in [0.2, 0.25) is 0 Å². The summed E-state index contributed by atoms with van der Waals surface area (Å²) in [5, 5.41) is 27.9. The molecule has 0 rings (SSSR count). The van der Waals surface area contributed by atoms with E-state index in [4.69, 9.17) is 30.0 Å². The first-order valence-electron chi connectivity index (χ1n) is 1.30. The van der Waals surface area contributed by atoms with Gasteiger partial charge in [0.15, 0.2) is 0 Å². The summed E-state index contributed by atoms with van der Waals surface area (Å²) in [5.74, 6) is 0. The summed E-state index contributed by atoms with van der Waals surface area (Å²) >= 11 is 0. The molecule has 0 bridgehead atoms. The van der Waals surface area contributed by atoms with Gasteiger partial charge in [-0.2, -0.15) is 0 Å². The Kier molecular flexibility index (Phi) is 18.1. The molecule has 0 aliphatic carbocycles. The lowest BCUT2D eigenvalue weighted by Crippen LogP contribution is -1.81. The maximum absolute atomic E-state index is 8.56. The van der Waals surface area contributed by atoms with E-state index >= 15 is 0 Å². The second-order valence-corrected chi connectivity index (χ2v) is 0.565. The number of hydrogen-bond donors (Lipinski definition) is 4. The molecule has 7 heteroatoms. The van der Waals surface area contributed by atoms with Crippen LogP contribution in [0.5, 0.6) is 0 Å². The summed E-state index contributed by atoms with van der Waals surface area (Å²) in [6.45, 7) is 0. The molecule has 6 nitrogen and oxygen atoms in total. The van der Waals surface area contributed by atoms with Crippen LogP contribution in [-0.2, 0) is 0 Å². The van der Waals surface area contributed by atoms with Crippen molar-refractivity contribution in [1.82, 2.24) is 0 Å². The summed E-state index contributed by atoms with van der Waals surface area (Å²) in [6.07, 6.45) is -3.67. The van der Waals surface area contributed by atoms with Gasteiger partial charge in [-0.05, 0) is 0 Å². The Balaban J connectivity index is -0.0000000720.